The number of nitrogens with one attached hydrogen (secondary N) is 2. The molecule has 0 fully saturated rings. The van der Waals surface area contributed by atoms with Crippen molar-refractivity contribution in [2.24, 2.45) is 0 Å². The monoisotopic (exact) mass is 228 g/mol. The summed E-state index contributed by atoms with van der Waals surface area (Å²) in [7, 11) is 0. The largest absolute Gasteiger partial charge is 0.416 e. The molecule has 1 atom stereocenters. The third-order valence-electron chi connectivity index (χ3n) is 2.64. The van der Waals surface area contributed by atoms with Gasteiger partial charge in [-0.25, -0.2) is 5.43 Å². The zero-order valence-electron chi connectivity index (χ0n) is 8.60. The third-order valence-corrected chi connectivity index (χ3v) is 2.64. The second kappa shape index (κ2) is 3.52. The van der Waals surface area contributed by atoms with Gasteiger partial charge in [-0.3, -0.25) is 0 Å². The van der Waals surface area contributed by atoms with Gasteiger partial charge < -0.3 is 5.43 Å². The van der Waals surface area contributed by atoms with Gasteiger partial charge in [0, 0.05) is 6.20 Å². The summed E-state index contributed by atoms with van der Waals surface area (Å²) in [6.45, 7) is 1.83. The number of hydrazine groups is 1. The molecule has 2 nitrogen and oxygen atoms in total. The van der Waals surface area contributed by atoms with Crippen molar-refractivity contribution in [1.29, 1.82) is 0 Å². The summed E-state index contributed by atoms with van der Waals surface area (Å²) in [4.78, 5) is 0. The highest BCUT2D eigenvalue weighted by Crippen LogP contribution is 2.41. The van der Waals surface area contributed by atoms with Crippen molar-refractivity contribution in [3.8, 4) is 0 Å². The van der Waals surface area contributed by atoms with Crippen LogP contribution in [0.2, 0.25) is 0 Å². The fourth-order valence-electron chi connectivity index (χ4n) is 1.68. The first-order chi connectivity index (χ1) is 7.46. The van der Waals surface area contributed by atoms with Crippen LogP contribution in [0.1, 0.15) is 11.1 Å². The lowest BCUT2D eigenvalue weighted by molar-refractivity contribution is -0.184. The molecule has 86 valence electrons. The fourth-order valence-corrected chi connectivity index (χ4v) is 1.68. The van der Waals surface area contributed by atoms with E-state index in [1.165, 1.54) is 18.3 Å². The Morgan fingerprint density at radius 1 is 1.12 bits per heavy atom. The molecule has 0 saturated carbocycles. The minimum atomic E-state index is -4.39. The molecular weight excluding hydrogens is 217 g/mol. The van der Waals surface area contributed by atoms with Crippen molar-refractivity contribution in [1.82, 2.24) is 10.9 Å². The highest BCUT2D eigenvalue weighted by atomic mass is 19.4. The molecule has 1 aromatic carbocycles. The first-order valence-electron chi connectivity index (χ1n) is 4.80. The third kappa shape index (κ3) is 1.57. The number of aryl methyl sites for hydroxylation is 1. The van der Waals surface area contributed by atoms with Gasteiger partial charge in [0.05, 0.1) is 0 Å². The Bertz CT molecular complexity index is 408. The van der Waals surface area contributed by atoms with Gasteiger partial charge in [-0.2, -0.15) is 13.2 Å². The first kappa shape index (κ1) is 11.0. The van der Waals surface area contributed by atoms with Gasteiger partial charge in [-0.15, -0.1) is 0 Å². The summed E-state index contributed by atoms with van der Waals surface area (Å²) in [6, 6.07) is 6.29. The van der Waals surface area contributed by atoms with E-state index < -0.39 is 11.7 Å². The van der Waals surface area contributed by atoms with Crippen LogP contribution < -0.4 is 10.9 Å². The van der Waals surface area contributed by atoms with Crippen LogP contribution in [0.25, 0.3) is 0 Å². The van der Waals surface area contributed by atoms with E-state index >= 15 is 0 Å². The predicted molar refractivity (Wildman–Crippen MR) is 54.3 cm³/mol. The molecule has 1 heterocycles. The number of hydrogen-bond acceptors (Lipinski definition) is 2. The molecular formula is C11H11F3N2. The van der Waals surface area contributed by atoms with Crippen LogP contribution in [0, 0.1) is 6.92 Å². The molecule has 16 heavy (non-hydrogen) atoms. The van der Waals surface area contributed by atoms with Crippen molar-refractivity contribution in [3.63, 3.8) is 0 Å². The van der Waals surface area contributed by atoms with Crippen LogP contribution >= 0.6 is 0 Å². The predicted octanol–water partition coefficient (Wildman–Crippen LogP) is 2.37. The maximum atomic E-state index is 13.0. The Balaban J connectivity index is 2.49. The second-order valence-electron chi connectivity index (χ2n) is 3.77. The van der Waals surface area contributed by atoms with Crippen molar-refractivity contribution < 1.29 is 13.2 Å². The topological polar surface area (TPSA) is 24.1 Å². The summed E-state index contributed by atoms with van der Waals surface area (Å²) < 4.78 is 39.1. The Kier molecular flexibility index (Phi) is 2.42. The summed E-state index contributed by atoms with van der Waals surface area (Å²) in [5.74, 6) is 0. The molecule has 0 radical (unpaired) electrons. The molecule has 0 bridgehead atoms. The number of hydrogen-bond donors (Lipinski definition) is 2. The minimum absolute atomic E-state index is 0.173. The molecule has 2 N–H and O–H groups in total. The highest BCUT2D eigenvalue weighted by molar-refractivity contribution is 5.35. The van der Waals surface area contributed by atoms with Crippen LogP contribution in [0.5, 0.6) is 0 Å². The van der Waals surface area contributed by atoms with Crippen LogP contribution in [0.3, 0.4) is 0 Å². The minimum Gasteiger partial charge on any atom is -0.328 e. The van der Waals surface area contributed by atoms with E-state index in [1.807, 2.05) is 6.92 Å². The SMILES string of the molecule is Cc1ccc(C2(C(F)(F)F)C=CNN2)cc1. The molecule has 2 rings (SSSR count). The van der Waals surface area contributed by atoms with E-state index in [0.717, 1.165) is 11.6 Å². The van der Waals surface area contributed by atoms with E-state index in [4.69, 9.17) is 0 Å². The van der Waals surface area contributed by atoms with Gasteiger partial charge in [-0.05, 0) is 18.6 Å². The van der Waals surface area contributed by atoms with Gasteiger partial charge in [0.15, 0.2) is 5.54 Å². The van der Waals surface area contributed by atoms with Crippen LogP contribution in [-0.4, -0.2) is 6.18 Å². The summed E-state index contributed by atoms with van der Waals surface area (Å²) in [6.07, 6.45) is -2.05. The number of rotatable bonds is 1. The summed E-state index contributed by atoms with van der Waals surface area (Å²) in [5.41, 5.74) is 3.62. The Labute approximate surface area is 91.1 Å². The lowest BCUT2D eigenvalue weighted by atomic mass is 9.90. The molecule has 0 amide bonds. The lowest BCUT2D eigenvalue weighted by Crippen LogP contribution is -2.52. The van der Waals surface area contributed by atoms with E-state index in [9.17, 15) is 13.2 Å². The standard InChI is InChI=1S/C11H11F3N2/c1-8-2-4-9(5-3-8)10(11(12,13)14)6-7-15-16-10/h2-7,15-16H,1H3. The molecule has 0 saturated heterocycles. The molecule has 0 spiro atoms. The molecule has 1 unspecified atom stereocenters. The second-order valence-corrected chi connectivity index (χ2v) is 3.77. The number of halogens is 3. The van der Waals surface area contributed by atoms with Crippen LogP contribution in [0.4, 0.5) is 13.2 Å². The number of benzene rings is 1. The zero-order valence-corrected chi connectivity index (χ0v) is 8.60. The molecule has 1 aromatic rings. The maximum absolute atomic E-state index is 13.0. The van der Waals surface area contributed by atoms with Crippen LogP contribution in [0.15, 0.2) is 36.5 Å². The molecule has 1 aliphatic heterocycles. The zero-order chi connectivity index (χ0) is 11.8. The average molecular weight is 228 g/mol. The maximum Gasteiger partial charge on any atom is 0.416 e. The Morgan fingerprint density at radius 2 is 1.75 bits per heavy atom. The van der Waals surface area contributed by atoms with Gasteiger partial charge >= 0.3 is 6.18 Å². The molecule has 0 aromatic heterocycles. The normalized spacial score (nSPS) is 24.5. The molecule has 1 aliphatic rings. The average Bonchev–Trinajstić information content (AvgIpc) is 2.68. The first-order valence-corrected chi connectivity index (χ1v) is 4.80. The van der Waals surface area contributed by atoms with Crippen molar-refractivity contribution in [2.45, 2.75) is 18.6 Å². The molecule has 0 aliphatic carbocycles. The van der Waals surface area contributed by atoms with Gasteiger partial charge in [0.25, 0.3) is 0 Å². The van der Waals surface area contributed by atoms with Crippen molar-refractivity contribution in [3.05, 3.63) is 47.7 Å². The van der Waals surface area contributed by atoms with Gasteiger partial charge in [0.1, 0.15) is 0 Å². The smallest absolute Gasteiger partial charge is 0.328 e. The van der Waals surface area contributed by atoms with Crippen LogP contribution in [-0.2, 0) is 5.54 Å². The van der Waals surface area contributed by atoms with E-state index in [2.05, 4.69) is 10.9 Å². The summed E-state index contributed by atoms with van der Waals surface area (Å²) in [5, 5.41) is 0. The Hall–Kier alpha value is -1.49. The molecule has 5 heteroatoms. The number of alkyl halides is 3. The Morgan fingerprint density at radius 3 is 2.19 bits per heavy atom. The summed E-state index contributed by atoms with van der Waals surface area (Å²) >= 11 is 0. The highest BCUT2D eigenvalue weighted by Gasteiger charge is 2.55. The van der Waals surface area contributed by atoms with E-state index in [-0.39, 0.29) is 5.56 Å². The van der Waals surface area contributed by atoms with E-state index in [1.54, 1.807) is 12.1 Å². The van der Waals surface area contributed by atoms with E-state index in [0.29, 0.717) is 0 Å². The van der Waals surface area contributed by atoms with Crippen molar-refractivity contribution >= 4 is 0 Å². The quantitative estimate of drug-likeness (QED) is 0.771. The fraction of sp³-hybridized carbons (Fsp3) is 0.273. The van der Waals surface area contributed by atoms with Gasteiger partial charge in [0.2, 0.25) is 0 Å². The van der Waals surface area contributed by atoms with Gasteiger partial charge in [-0.1, -0.05) is 29.8 Å². The lowest BCUT2D eigenvalue weighted by Gasteiger charge is -2.30. The van der Waals surface area contributed by atoms with Crippen molar-refractivity contribution in [2.75, 3.05) is 0 Å².